The lowest BCUT2D eigenvalue weighted by molar-refractivity contribution is 0.0827. The molecule has 4 heteroatoms. The minimum Gasteiger partial charge on any atom is -0.506 e. The number of amides is 1. The number of rotatable bonds is 2. The van der Waals surface area contributed by atoms with E-state index < -0.39 is 0 Å². The van der Waals surface area contributed by atoms with Crippen molar-refractivity contribution in [1.82, 2.24) is 4.90 Å². The summed E-state index contributed by atoms with van der Waals surface area (Å²) in [6.45, 7) is 0. The smallest absolute Gasteiger partial charge is 0.253 e. The van der Waals surface area contributed by atoms with E-state index in [1.165, 1.54) is 11.0 Å². The third-order valence-electron chi connectivity index (χ3n) is 2.11. The number of aromatic hydroxyl groups is 1. The van der Waals surface area contributed by atoms with Crippen LogP contribution in [0.3, 0.4) is 0 Å². The number of anilines is 1. The van der Waals surface area contributed by atoms with Crippen molar-refractivity contribution in [2.24, 2.45) is 0 Å². The Kier molecular flexibility index (Phi) is 3.19. The first-order chi connectivity index (χ1) is 6.93. The van der Waals surface area contributed by atoms with Crippen LogP contribution < -0.4 is 4.90 Å². The molecule has 0 spiro atoms. The van der Waals surface area contributed by atoms with E-state index in [1.807, 2.05) is 14.1 Å². The van der Waals surface area contributed by atoms with Gasteiger partial charge in [0.1, 0.15) is 5.75 Å². The van der Waals surface area contributed by atoms with Crippen LogP contribution in [0, 0.1) is 0 Å². The van der Waals surface area contributed by atoms with Gasteiger partial charge < -0.3 is 14.9 Å². The molecule has 0 aliphatic rings. The lowest BCUT2D eigenvalue weighted by Gasteiger charge is -2.16. The van der Waals surface area contributed by atoms with Crippen molar-refractivity contribution < 1.29 is 9.90 Å². The van der Waals surface area contributed by atoms with Crippen LogP contribution in [0.15, 0.2) is 18.2 Å². The SMILES string of the molecule is CN(C)C(=O)c1ccc(N(C)C)c(O)c1. The third-order valence-corrected chi connectivity index (χ3v) is 2.11. The van der Waals surface area contributed by atoms with E-state index in [1.54, 1.807) is 31.1 Å². The summed E-state index contributed by atoms with van der Waals surface area (Å²) in [7, 11) is 7.03. The molecule has 1 rings (SSSR count). The highest BCUT2D eigenvalue weighted by atomic mass is 16.3. The van der Waals surface area contributed by atoms with Gasteiger partial charge >= 0.3 is 0 Å². The van der Waals surface area contributed by atoms with Gasteiger partial charge in [0.15, 0.2) is 0 Å². The molecule has 15 heavy (non-hydrogen) atoms. The minimum absolute atomic E-state index is 0.115. The standard InChI is InChI=1S/C11H16N2O2/c1-12(2)9-6-5-8(7-10(9)14)11(15)13(3)4/h5-7,14H,1-4H3. The molecule has 0 aromatic heterocycles. The van der Waals surface area contributed by atoms with Crippen molar-refractivity contribution in [3.05, 3.63) is 23.8 Å². The van der Waals surface area contributed by atoms with Crippen LogP contribution >= 0.6 is 0 Å². The molecule has 1 aromatic carbocycles. The lowest BCUT2D eigenvalue weighted by Crippen LogP contribution is -2.21. The molecule has 0 saturated carbocycles. The van der Waals surface area contributed by atoms with E-state index in [2.05, 4.69) is 0 Å². The average molecular weight is 208 g/mol. The normalized spacial score (nSPS) is 9.87. The Labute approximate surface area is 89.7 Å². The summed E-state index contributed by atoms with van der Waals surface area (Å²) < 4.78 is 0. The van der Waals surface area contributed by atoms with Crippen LogP contribution in [0.4, 0.5) is 5.69 Å². The first kappa shape index (κ1) is 11.4. The first-order valence-electron chi connectivity index (χ1n) is 4.65. The van der Waals surface area contributed by atoms with Gasteiger partial charge in [-0.1, -0.05) is 0 Å². The number of carbonyl (C=O) groups excluding carboxylic acids is 1. The topological polar surface area (TPSA) is 43.8 Å². The van der Waals surface area contributed by atoms with Crippen LogP contribution in [0.1, 0.15) is 10.4 Å². The van der Waals surface area contributed by atoms with Crippen LogP contribution in [0.2, 0.25) is 0 Å². The molecule has 1 aromatic rings. The molecule has 0 fully saturated rings. The molecule has 0 saturated heterocycles. The highest BCUT2D eigenvalue weighted by molar-refractivity contribution is 5.95. The molecule has 0 atom stereocenters. The second-order valence-corrected chi connectivity index (χ2v) is 3.80. The van der Waals surface area contributed by atoms with Gasteiger partial charge in [0.25, 0.3) is 5.91 Å². The number of phenolic OH excluding ortho intramolecular Hbond substituents is 1. The zero-order valence-electron chi connectivity index (χ0n) is 9.48. The molecule has 0 bridgehead atoms. The Bertz CT molecular complexity index is 373. The maximum atomic E-state index is 11.6. The quantitative estimate of drug-likeness (QED) is 0.793. The molecule has 82 valence electrons. The van der Waals surface area contributed by atoms with Gasteiger partial charge in [-0.05, 0) is 18.2 Å². The Morgan fingerprint density at radius 1 is 1.20 bits per heavy atom. The van der Waals surface area contributed by atoms with Crippen molar-refractivity contribution in [3.63, 3.8) is 0 Å². The number of hydrogen-bond donors (Lipinski definition) is 1. The summed E-state index contributed by atoms with van der Waals surface area (Å²) in [5.41, 5.74) is 1.19. The lowest BCUT2D eigenvalue weighted by atomic mass is 10.1. The van der Waals surface area contributed by atoms with Crippen molar-refractivity contribution >= 4 is 11.6 Å². The minimum atomic E-state index is -0.115. The monoisotopic (exact) mass is 208 g/mol. The van der Waals surface area contributed by atoms with E-state index in [0.717, 1.165) is 0 Å². The molecule has 1 N–H and O–H groups in total. The van der Waals surface area contributed by atoms with E-state index in [0.29, 0.717) is 11.3 Å². The van der Waals surface area contributed by atoms with Gasteiger partial charge in [0.05, 0.1) is 5.69 Å². The van der Waals surface area contributed by atoms with Crippen LogP contribution in [0.25, 0.3) is 0 Å². The molecule has 0 radical (unpaired) electrons. The van der Waals surface area contributed by atoms with E-state index in [9.17, 15) is 9.90 Å². The Balaban J connectivity index is 3.07. The largest absolute Gasteiger partial charge is 0.506 e. The van der Waals surface area contributed by atoms with Gasteiger partial charge in [-0.2, -0.15) is 0 Å². The number of nitrogens with zero attached hydrogens (tertiary/aromatic N) is 2. The summed E-state index contributed by atoms with van der Waals surface area (Å²) in [5, 5.41) is 9.68. The highest BCUT2D eigenvalue weighted by Gasteiger charge is 2.11. The van der Waals surface area contributed by atoms with Crippen LogP contribution in [0.5, 0.6) is 5.75 Å². The maximum Gasteiger partial charge on any atom is 0.253 e. The van der Waals surface area contributed by atoms with Crippen LogP contribution in [-0.2, 0) is 0 Å². The molecule has 0 unspecified atom stereocenters. The summed E-state index contributed by atoms with van der Waals surface area (Å²) in [4.78, 5) is 14.8. The number of benzene rings is 1. The molecule has 0 heterocycles. The number of hydrogen-bond acceptors (Lipinski definition) is 3. The molecule has 0 aliphatic heterocycles. The molecular weight excluding hydrogens is 192 g/mol. The van der Waals surface area contributed by atoms with E-state index in [-0.39, 0.29) is 11.7 Å². The predicted molar refractivity (Wildman–Crippen MR) is 60.5 cm³/mol. The highest BCUT2D eigenvalue weighted by Crippen LogP contribution is 2.26. The van der Waals surface area contributed by atoms with Crippen LogP contribution in [-0.4, -0.2) is 44.1 Å². The molecule has 4 nitrogen and oxygen atoms in total. The first-order valence-corrected chi connectivity index (χ1v) is 4.65. The Morgan fingerprint density at radius 2 is 1.80 bits per heavy atom. The summed E-state index contributed by atoms with van der Waals surface area (Å²) >= 11 is 0. The summed E-state index contributed by atoms with van der Waals surface area (Å²) in [6, 6.07) is 4.92. The van der Waals surface area contributed by atoms with Gasteiger partial charge in [-0.25, -0.2) is 0 Å². The van der Waals surface area contributed by atoms with Gasteiger partial charge in [-0.15, -0.1) is 0 Å². The number of carbonyl (C=O) groups is 1. The molecule has 1 amide bonds. The fourth-order valence-corrected chi connectivity index (χ4v) is 1.29. The third kappa shape index (κ3) is 2.40. The Hall–Kier alpha value is -1.71. The van der Waals surface area contributed by atoms with Gasteiger partial charge in [0, 0.05) is 33.8 Å². The van der Waals surface area contributed by atoms with Crippen molar-refractivity contribution in [3.8, 4) is 5.75 Å². The Morgan fingerprint density at radius 3 is 2.20 bits per heavy atom. The zero-order chi connectivity index (χ0) is 11.6. The fraction of sp³-hybridized carbons (Fsp3) is 0.364. The van der Waals surface area contributed by atoms with Gasteiger partial charge in [0.2, 0.25) is 0 Å². The average Bonchev–Trinajstić information content (AvgIpc) is 2.15. The zero-order valence-corrected chi connectivity index (χ0v) is 9.48. The van der Waals surface area contributed by atoms with Gasteiger partial charge in [-0.3, -0.25) is 4.79 Å². The van der Waals surface area contributed by atoms with E-state index in [4.69, 9.17) is 0 Å². The predicted octanol–water partition coefficient (Wildman–Crippen LogP) is 1.16. The summed E-state index contributed by atoms with van der Waals surface area (Å²) in [6.07, 6.45) is 0. The number of phenols is 1. The maximum absolute atomic E-state index is 11.6. The summed E-state index contributed by atoms with van der Waals surface area (Å²) in [5.74, 6) is 0.00306. The second-order valence-electron chi connectivity index (χ2n) is 3.80. The van der Waals surface area contributed by atoms with Crippen molar-refractivity contribution in [1.29, 1.82) is 0 Å². The fourth-order valence-electron chi connectivity index (χ4n) is 1.29. The molecular formula is C11H16N2O2. The van der Waals surface area contributed by atoms with Crippen molar-refractivity contribution in [2.75, 3.05) is 33.1 Å². The van der Waals surface area contributed by atoms with E-state index >= 15 is 0 Å². The van der Waals surface area contributed by atoms with Crippen molar-refractivity contribution in [2.45, 2.75) is 0 Å². The molecule has 0 aliphatic carbocycles. The second kappa shape index (κ2) is 4.21.